The fourth-order valence-corrected chi connectivity index (χ4v) is 2.89. The third-order valence-corrected chi connectivity index (χ3v) is 4.03. The van der Waals surface area contributed by atoms with Gasteiger partial charge in [0.2, 0.25) is 0 Å². The van der Waals surface area contributed by atoms with E-state index in [9.17, 15) is 4.79 Å². The smallest absolute Gasteiger partial charge is 0.336 e. The second kappa shape index (κ2) is 6.72. The zero-order valence-electron chi connectivity index (χ0n) is 13.9. The van der Waals surface area contributed by atoms with E-state index in [-0.39, 0.29) is 11.7 Å². The molecule has 0 atom stereocenters. The summed E-state index contributed by atoms with van der Waals surface area (Å²) >= 11 is 0. The number of hydrogen-bond acceptors (Lipinski definition) is 5. The number of benzene rings is 1. The zero-order chi connectivity index (χ0) is 16.4. The van der Waals surface area contributed by atoms with Crippen LogP contribution in [0.3, 0.4) is 0 Å². The molecule has 1 aliphatic rings. The van der Waals surface area contributed by atoms with Crippen molar-refractivity contribution in [2.75, 3.05) is 19.9 Å². The van der Waals surface area contributed by atoms with Crippen molar-refractivity contribution in [2.45, 2.75) is 39.8 Å². The summed E-state index contributed by atoms with van der Waals surface area (Å²) < 4.78 is 16.9. The molecule has 0 saturated heterocycles. The highest BCUT2D eigenvalue weighted by Gasteiger charge is 2.21. The molecule has 0 unspecified atom stereocenters. The van der Waals surface area contributed by atoms with Crippen LogP contribution in [0.4, 0.5) is 0 Å². The van der Waals surface area contributed by atoms with Gasteiger partial charge in [-0.1, -0.05) is 0 Å². The van der Waals surface area contributed by atoms with Gasteiger partial charge < -0.3 is 13.9 Å². The zero-order valence-corrected chi connectivity index (χ0v) is 13.9. The van der Waals surface area contributed by atoms with E-state index >= 15 is 0 Å². The van der Waals surface area contributed by atoms with Crippen LogP contribution in [0, 0.1) is 6.92 Å². The summed E-state index contributed by atoms with van der Waals surface area (Å²) in [6.45, 7) is 8.91. The molecule has 124 valence electrons. The molecule has 1 aromatic heterocycles. The molecular weight excluding hydrogens is 294 g/mol. The fraction of sp³-hybridized carbons (Fsp3) is 0.500. The molecular formula is C18H23NO4. The summed E-state index contributed by atoms with van der Waals surface area (Å²) in [5, 5.41) is 0.969. The molecule has 2 aromatic rings. The average molecular weight is 317 g/mol. The molecule has 0 radical (unpaired) electrons. The summed E-state index contributed by atoms with van der Waals surface area (Å²) in [5.41, 5.74) is 2.22. The van der Waals surface area contributed by atoms with E-state index in [1.807, 2.05) is 32.9 Å². The molecule has 1 aliphatic heterocycles. The van der Waals surface area contributed by atoms with Gasteiger partial charge in [0.05, 0.1) is 11.7 Å². The second-order valence-electron chi connectivity index (χ2n) is 6.27. The molecule has 0 aliphatic carbocycles. The third kappa shape index (κ3) is 3.57. The van der Waals surface area contributed by atoms with Gasteiger partial charge in [0.1, 0.15) is 18.1 Å². The van der Waals surface area contributed by atoms with Gasteiger partial charge in [-0.25, -0.2) is 4.79 Å². The molecule has 3 rings (SSSR count). The predicted molar refractivity (Wildman–Crippen MR) is 88.8 cm³/mol. The van der Waals surface area contributed by atoms with Gasteiger partial charge in [0, 0.05) is 31.1 Å². The van der Waals surface area contributed by atoms with Crippen molar-refractivity contribution in [3.05, 3.63) is 39.7 Å². The molecule has 0 N–H and O–H groups in total. The molecule has 0 saturated carbocycles. The van der Waals surface area contributed by atoms with Crippen molar-refractivity contribution in [1.82, 2.24) is 4.90 Å². The van der Waals surface area contributed by atoms with Crippen molar-refractivity contribution in [3.63, 3.8) is 0 Å². The monoisotopic (exact) mass is 317 g/mol. The van der Waals surface area contributed by atoms with Crippen molar-refractivity contribution in [2.24, 2.45) is 0 Å². The molecule has 5 nitrogen and oxygen atoms in total. The van der Waals surface area contributed by atoms with Crippen LogP contribution in [0.2, 0.25) is 0 Å². The predicted octanol–water partition coefficient (Wildman–Crippen LogP) is 3.07. The Morgan fingerprint density at radius 2 is 2.17 bits per heavy atom. The van der Waals surface area contributed by atoms with Gasteiger partial charge in [-0.05, 0) is 44.9 Å². The third-order valence-electron chi connectivity index (χ3n) is 4.03. The summed E-state index contributed by atoms with van der Waals surface area (Å²) in [7, 11) is 0. The van der Waals surface area contributed by atoms with Crippen LogP contribution in [0.25, 0.3) is 11.0 Å². The molecule has 1 aromatic carbocycles. The van der Waals surface area contributed by atoms with Crippen LogP contribution in [0.5, 0.6) is 5.75 Å². The summed E-state index contributed by atoms with van der Waals surface area (Å²) in [6.07, 6.45) is 1.21. The summed E-state index contributed by atoms with van der Waals surface area (Å²) in [5.74, 6) is 0.806. The minimum absolute atomic E-state index is 0.259. The van der Waals surface area contributed by atoms with Crippen LogP contribution in [0.1, 0.15) is 31.4 Å². The number of rotatable bonds is 5. The topological polar surface area (TPSA) is 51.9 Å². The Morgan fingerprint density at radius 3 is 2.96 bits per heavy atom. The van der Waals surface area contributed by atoms with Crippen LogP contribution < -0.4 is 10.4 Å². The first kappa shape index (κ1) is 16.0. The SMILES string of the molecule is Cc1cc(=O)oc2c3c(ccc12)OCN(CCCOC(C)C)C3. The maximum absolute atomic E-state index is 11.7. The Morgan fingerprint density at radius 1 is 1.35 bits per heavy atom. The largest absolute Gasteiger partial charge is 0.478 e. The Hall–Kier alpha value is -1.85. The Bertz CT molecular complexity index is 751. The first-order valence-corrected chi connectivity index (χ1v) is 8.07. The number of nitrogens with zero attached hydrogens (tertiary/aromatic N) is 1. The molecule has 5 heteroatoms. The first-order valence-electron chi connectivity index (χ1n) is 8.07. The van der Waals surface area contributed by atoms with Crippen molar-refractivity contribution in [1.29, 1.82) is 0 Å². The van der Waals surface area contributed by atoms with Gasteiger partial charge in [-0.2, -0.15) is 0 Å². The van der Waals surface area contributed by atoms with Gasteiger partial charge in [-0.3, -0.25) is 4.90 Å². The normalized spacial score (nSPS) is 15.0. The Kier molecular flexibility index (Phi) is 4.68. The average Bonchev–Trinajstić information content (AvgIpc) is 2.51. The van der Waals surface area contributed by atoms with E-state index in [2.05, 4.69) is 4.90 Å². The Labute approximate surface area is 135 Å². The lowest BCUT2D eigenvalue weighted by Crippen LogP contribution is -2.33. The molecule has 0 spiro atoms. The fourth-order valence-electron chi connectivity index (χ4n) is 2.89. The van der Waals surface area contributed by atoms with E-state index in [1.165, 1.54) is 6.07 Å². The van der Waals surface area contributed by atoms with Crippen LogP contribution in [0.15, 0.2) is 27.4 Å². The van der Waals surface area contributed by atoms with Crippen molar-refractivity contribution >= 4 is 11.0 Å². The van der Waals surface area contributed by atoms with Crippen LogP contribution >= 0.6 is 0 Å². The first-order chi connectivity index (χ1) is 11.0. The van der Waals surface area contributed by atoms with E-state index in [0.29, 0.717) is 12.3 Å². The molecule has 0 fully saturated rings. The van der Waals surface area contributed by atoms with Crippen molar-refractivity contribution < 1.29 is 13.9 Å². The highest BCUT2D eigenvalue weighted by molar-refractivity contribution is 5.85. The van der Waals surface area contributed by atoms with E-state index in [1.54, 1.807) is 0 Å². The minimum atomic E-state index is -0.314. The minimum Gasteiger partial charge on any atom is -0.478 e. The van der Waals surface area contributed by atoms with Gasteiger partial charge in [0.15, 0.2) is 0 Å². The molecule has 23 heavy (non-hydrogen) atoms. The summed E-state index contributed by atoms with van der Waals surface area (Å²) in [4.78, 5) is 13.9. The number of hydrogen-bond donors (Lipinski definition) is 0. The number of aryl methyl sites for hydroxylation is 1. The highest BCUT2D eigenvalue weighted by Crippen LogP contribution is 2.32. The number of ether oxygens (including phenoxy) is 2. The van der Waals surface area contributed by atoms with Crippen LogP contribution in [-0.2, 0) is 11.3 Å². The maximum Gasteiger partial charge on any atom is 0.336 e. The Balaban J connectivity index is 1.79. The summed E-state index contributed by atoms with van der Waals surface area (Å²) in [6, 6.07) is 5.45. The van der Waals surface area contributed by atoms with Gasteiger partial charge in [-0.15, -0.1) is 0 Å². The second-order valence-corrected chi connectivity index (χ2v) is 6.27. The van der Waals surface area contributed by atoms with Crippen LogP contribution in [-0.4, -0.2) is 30.9 Å². The lowest BCUT2D eigenvalue weighted by molar-refractivity contribution is 0.0525. The lowest BCUT2D eigenvalue weighted by atomic mass is 10.0. The molecule has 0 amide bonds. The standard InChI is InChI=1S/C18H23NO4/c1-12(2)21-8-4-7-19-10-15-16(22-11-19)6-5-14-13(3)9-17(20)23-18(14)15/h5-6,9,12H,4,7-8,10-11H2,1-3H3. The maximum atomic E-state index is 11.7. The van der Waals surface area contributed by atoms with E-state index in [0.717, 1.165) is 48.4 Å². The quantitative estimate of drug-likeness (QED) is 0.626. The highest BCUT2D eigenvalue weighted by atomic mass is 16.5. The lowest BCUT2D eigenvalue weighted by Gasteiger charge is -2.29. The van der Waals surface area contributed by atoms with E-state index in [4.69, 9.17) is 13.9 Å². The number of fused-ring (bicyclic) bond motifs is 3. The van der Waals surface area contributed by atoms with Gasteiger partial charge in [0.25, 0.3) is 0 Å². The van der Waals surface area contributed by atoms with E-state index < -0.39 is 0 Å². The van der Waals surface area contributed by atoms with Gasteiger partial charge >= 0.3 is 5.63 Å². The molecule has 0 bridgehead atoms. The molecule has 2 heterocycles. The van der Waals surface area contributed by atoms with Crippen molar-refractivity contribution in [3.8, 4) is 5.75 Å².